The summed E-state index contributed by atoms with van der Waals surface area (Å²) in [4.78, 5) is 34.3. The number of nitrogens with zero attached hydrogens (tertiary/aromatic N) is 3. The van der Waals surface area contributed by atoms with Gasteiger partial charge in [0, 0.05) is 13.0 Å². The zero-order valence-corrected chi connectivity index (χ0v) is 22.1. The molecule has 0 saturated heterocycles. The minimum Gasteiger partial charge on any atom is -0.495 e. The number of carbonyl (C=O) groups is 1. The first kappa shape index (κ1) is 26.1. The van der Waals surface area contributed by atoms with Crippen LogP contribution in [0.3, 0.4) is 0 Å². The largest absolute Gasteiger partial charge is 0.495 e. The Hall–Kier alpha value is -3.93. The van der Waals surface area contributed by atoms with Gasteiger partial charge >= 0.3 is 0 Å². The van der Waals surface area contributed by atoms with Crippen LogP contribution in [0.15, 0.2) is 77.6 Å². The van der Waals surface area contributed by atoms with Crippen LogP contribution in [-0.2, 0) is 11.2 Å². The van der Waals surface area contributed by atoms with E-state index in [-0.39, 0.29) is 11.5 Å². The normalized spacial score (nSPS) is 11.9. The van der Waals surface area contributed by atoms with Crippen molar-refractivity contribution < 1.29 is 9.53 Å². The van der Waals surface area contributed by atoms with Gasteiger partial charge in [-0.1, -0.05) is 61.9 Å². The molecule has 0 fully saturated rings. The van der Waals surface area contributed by atoms with E-state index in [0.29, 0.717) is 47.6 Å². The van der Waals surface area contributed by atoms with E-state index in [4.69, 9.17) is 9.72 Å². The third-order valence-corrected chi connectivity index (χ3v) is 6.77. The number of benzene rings is 3. The van der Waals surface area contributed by atoms with E-state index in [1.54, 1.807) is 17.7 Å². The number of rotatable bonds is 10. The number of aromatic nitrogens is 2. The predicted molar refractivity (Wildman–Crippen MR) is 148 cm³/mol. The van der Waals surface area contributed by atoms with E-state index >= 15 is 0 Å². The first-order chi connectivity index (χ1) is 17.9. The molecule has 4 aromatic rings. The second kappa shape index (κ2) is 11.9. The molecule has 0 N–H and O–H groups in total. The van der Waals surface area contributed by atoms with Crippen LogP contribution in [-0.4, -0.2) is 34.0 Å². The summed E-state index contributed by atoms with van der Waals surface area (Å²) < 4.78 is 7.28. The van der Waals surface area contributed by atoms with Crippen molar-refractivity contribution >= 4 is 16.8 Å². The molecule has 0 bridgehead atoms. The minimum absolute atomic E-state index is 0.0652. The van der Waals surface area contributed by atoms with Crippen molar-refractivity contribution in [2.24, 2.45) is 0 Å². The molecule has 1 aromatic heterocycles. The number of unbranched alkanes of at least 4 members (excludes halogenated alkanes) is 1. The fourth-order valence-corrected chi connectivity index (χ4v) is 4.68. The third-order valence-electron chi connectivity index (χ3n) is 6.77. The van der Waals surface area contributed by atoms with Gasteiger partial charge in [0.15, 0.2) is 0 Å². The lowest BCUT2D eigenvalue weighted by atomic mass is 10.1. The van der Waals surface area contributed by atoms with Crippen molar-refractivity contribution in [2.45, 2.75) is 52.5 Å². The van der Waals surface area contributed by atoms with Gasteiger partial charge in [-0.2, -0.15) is 0 Å². The Bertz CT molecular complexity index is 1430. The number of methoxy groups -OCH3 is 1. The van der Waals surface area contributed by atoms with Gasteiger partial charge < -0.3 is 9.64 Å². The lowest BCUT2D eigenvalue weighted by Gasteiger charge is -2.31. The van der Waals surface area contributed by atoms with E-state index in [1.165, 1.54) is 0 Å². The fourth-order valence-electron chi connectivity index (χ4n) is 4.68. The smallest absolute Gasteiger partial charge is 0.266 e. The summed E-state index contributed by atoms with van der Waals surface area (Å²) in [7, 11) is 1.59. The molecule has 6 nitrogen and oxygen atoms in total. The van der Waals surface area contributed by atoms with Crippen LogP contribution in [0.1, 0.15) is 56.1 Å². The Morgan fingerprint density at radius 2 is 1.78 bits per heavy atom. The molecule has 3 aromatic carbocycles. The van der Waals surface area contributed by atoms with Gasteiger partial charge in [0.2, 0.25) is 5.91 Å². The van der Waals surface area contributed by atoms with Crippen molar-refractivity contribution in [3.63, 3.8) is 0 Å². The van der Waals surface area contributed by atoms with Crippen LogP contribution in [0.25, 0.3) is 16.6 Å². The number of ether oxygens (including phenoxy) is 1. The van der Waals surface area contributed by atoms with Crippen LogP contribution < -0.4 is 10.3 Å². The highest BCUT2D eigenvalue weighted by atomic mass is 16.5. The standard InChI is InChI=1S/C31H35N3O3/c1-5-6-16-29(35)33(20-19-24-12-8-7-9-13-24)23(3)30-32-26-15-11-10-14-25(26)31(36)34(30)27-21-22(2)17-18-28(27)37-4/h7-15,17-18,21,23H,5-6,16,19-20H2,1-4H3. The topological polar surface area (TPSA) is 64.4 Å². The van der Waals surface area contributed by atoms with Crippen molar-refractivity contribution in [1.29, 1.82) is 0 Å². The molecule has 1 atom stereocenters. The number of carbonyl (C=O) groups excluding carboxylic acids is 1. The summed E-state index contributed by atoms with van der Waals surface area (Å²) in [6, 6.07) is 22.8. The van der Waals surface area contributed by atoms with E-state index in [1.807, 2.05) is 73.3 Å². The van der Waals surface area contributed by atoms with Gasteiger partial charge in [-0.05, 0) is 62.1 Å². The van der Waals surface area contributed by atoms with Crippen molar-refractivity contribution in [1.82, 2.24) is 14.5 Å². The number of para-hydroxylation sites is 1. The number of hydrogen-bond acceptors (Lipinski definition) is 4. The minimum atomic E-state index is -0.435. The van der Waals surface area contributed by atoms with Crippen LogP contribution in [0.5, 0.6) is 5.75 Å². The SMILES string of the molecule is CCCCC(=O)N(CCc1ccccc1)C(C)c1nc2ccccc2c(=O)n1-c1cc(C)ccc1OC. The van der Waals surface area contributed by atoms with E-state index in [0.717, 1.165) is 24.0 Å². The molecule has 1 unspecified atom stereocenters. The van der Waals surface area contributed by atoms with E-state index < -0.39 is 6.04 Å². The van der Waals surface area contributed by atoms with Gasteiger partial charge in [-0.15, -0.1) is 0 Å². The molecule has 4 rings (SSSR count). The average molecular weight is 498 g/mol. The maximum atomic E-state index is 13.9. The zero-order chi connectivity index (χ0) is 26.4. The van der Waals surface area contributed by atoms with Crippen LogP contribution in [0.4, 0.5) is 0 Å². The van der Waals surface area contributed by atoms with E-state index in [9.17, 15) is 9.59 Å². The van der Waals surface area contributed by atoms with Crippen LogP contribution in [0, 0.1) is 6.92 Å². The molecular weight excluding hydrogens is 462 g/mol. The molecule has 0 radical (unpaired) electrons. The lowest BCUT2D eigenvalue weighted by Crippen LogP contribution is -2.38. The maximum Gasteiger partial charge on any atom is 0.266 e. The monoisotopic (exact) mass is 497 g/mol. The zero-order valence-electron chi connectivity index (χ0n) is 22.1. The highest BCUT2D eigenvalue weighted by Crippen LogP contribution is 2.29. The molecule has 0 aliphatic heterocycles. The Kier molecular flexibility index (Phi) is 8.39. The molecule has 0 aliphatic carbocycles. The molecule has 6 heteroatoms. The second-order valence-corrected chi connectivity index (χ2v) is 9.41. The summed E-state index contributed by atoms with van der Waals surface area (Å²) in [6.07, 6.45) is 2.93. The summed E-state index contributed by atoms with van der Waals surface area (Å²) in [6.45, 7) is 6.55. The third kappa shape index (κ3) is 5.74. The maximum absolute atomic E-state index is 13.9. The van der Waals surface area contributed by atoms with Crippen LogP contribution in [0.2, 0.25) is 0 Å². The molecule has 0 aliphatic rings. The van der Waals surface area contributed by atoms with Gasteiger partial charge in [-0.3, -0.25) is 14.2 Å². The lowest BCUT2D eigenvalue weighted by molar-refractivity contribution is -0.133. The highest BCUT2D eigenvalue weighted by Gasteiger charge is 2.27. The molecule has 37 heavy (non-hydrogen) atoms. The fraction of sp³-hybridized carbons (Fsp3) is 0.323. The number of hydrogen-bond donors (Lipinski definition) is 0. The van der Waals surface area contributed by atoms with Gasteiger partial charge in [0.05, 0.1) is 29.7 Å². The molecule has 1 heterocycles. The first-order valence-corrected chi connectivity index (χ1v) is 12.9. The van der Waals surface area contributed by atoms with Crippen LogP contribution >= 0.6 is 0 Å². The van der Waals surface area contributed by atoms with Crippen molar-refractivity contribution in [3.05, 3.63) is 100 Å². The Morgan fingerprint density at radius 1 is 1.05 bits per heavy atom. The Balaban J connectivity index is 1.87. The number of amides is 1. The van der Waals surface area contributed by atoms with Gasteiger partial charge in [0.1, 0.15) is 11.6 Å². The predicted octanol–water partition coefficient (Wildman–Crippen LogP) is 6.03. The van der Waals surface area contributed by atoms with E-state index in [2.05, 4.69) is 19.1 Å². The summed E-state index contributed by atoms with van der Waals surface area (Å²) >= 11 is 0. The summed E-state index contributed by atoms with van der Waals surface area (Å²) in [5.41, 5.74) is 3.21. The van der Waals surface area contributed by atoms with Gasteiger partial charge in [0.25, 0.3) is 5.56 Å². The number of aryl methyl sites for hydroxylation is 1. The van der Waals surface area contributed by atoms with Crippen molar-refractivity contribution in [2.75, 3.05) is 13.7 Å². The molecule has 192 valence electrons. The molecule has 0 saturated carbocycles. The Morgan fingerprint density at radius 3 is 2.51 bits per heavy atom. The summed E-state index contributed by atoms with van der Waals surface area (Å²) in [5.74, 6) is 1.16. The highest BCUT2D eigenvalue weighted by molar-refractivity contribution is 5.79. The van der Waals surface area contributed by atoms with Gasteiger partial charge in [-0.25, -0.2) is 4.98 Å². The first-order valence-electron chi connectivity index (χ1n) is 12.9. The Labute approximate surface area is 218 Å². The second-order valence-electron chi connectivity index (χ2n) is 9.41. The number of fused-ring (bicyclic) bond motifs is 1. The summed E-state index contributed by atoms with van der Waals surface area (Å²) in [5, 5.41) is 0.523. The molecular formula is C31H35N3O3. The molecule has 0 spiro atoms. The quantitative estimate of drug-likeness (QED) is 0.269. The average Bonchev–Trinajstić information content (AvgIpc) is 2.92. The molecule has 1 amide bonds. The van der Waals surface area contributed by atoms with Crippen molar-refractivity contribution in [3.8, 4) is 11.4 Å².